The largest absolute Gasteiger partial charge is 0.496 e. The van der Waals surface area contributed by atoms with Crippen LogP contribution in [-0.4, -0.2) is 48.2 Å². The van der Waals surface area contributed by atoms with E-state index in [1.807, 2.05) is 12.1 Å². The van der Waals surface area contributed by atoms with Crippen LogP contribution >= 0.6 is 0 Å². The van der Waals surface area contributed by atoms with Crippen molar-refractivity contribution in [3.8, 4) is 5.75 Å². The highest BCUT2D eigenvalue weighted by Crippen LogP contribution is 2.30. The Morgan fingerprint density at radius 1 is 1.04 bits per heavy atom. The molecule has 0 aliphatic carbocycles. The molecule has 2 aromatic rings. The third-order valence-corrected chi connectivity index (χ3v) is 5.70. The summed E-state index contributed by atoms with van der Waals surface area (Å²) in [6.45, 7) is 5.43. The molecule has 2 saturated heterocycles. The minimum Gasteiger partial charge on any atom is -0.496 e. The van der Waals surface area contributed by atoms with Crippen LogP contribution in [0.15, 0.2) is 36.7 Å². The summed E-state index contributed by atoms with van der Waals surface area (Å²) in [4.78, 5) is 14.0. The van der Waals surface area contributed by atoms with Crippen LogP contribution < -0.4 is 9.64 Å². The molecular weight excluding hydrogens is 324 g/mol. The number of piperidine rings is 1. The Morgan fingerprint density at radius 2 is 1.81 bits per heavy atom. The van der Waals surface area contributed by atoms with Crippen molar-refractivity contribution < 1.29 is 4.74 Å². The first-order chi connectivity index (χ1) is 12.8. The first-order valence-corrected chi connectivity index (χ1v) is 9.74. The highest BCUT2D eigenvalue weighted by molar-refractivity contribution is 5.40. The Kier molecular flexibility index (Phi) is 5.34. The number of rotatable bonds is 5. The summed E-state index contributed by atoms with van der Waals surface area (Å²) in [5.41, 5.74) is 2.49. The molecule has 0 saturated carbocycles. The van der Waals surface area contributed by atoms with E-state index in [0.29, 0.717) is 5.92 Å². The van der Waals surface area contributed by atoms with Crippen LogP contribution in [0.25, 0.3) is 0 Å². The average molecular weight is 352 g/mol. The molecule has 2 aliphatic heterocycles. The smallest absolute Gasteiger partial charge is 0.132 e. The molecule has 0 bridgehead atoms. The third kappa shape index (κ3) is 3.83. The van der Waals surface area contributed by atoms with Crippen molar-refractivity contribution in [2.45, 2.75) is 38.1 Å². The van der Waals surface area contributed by atoms with E-state index in [9.17, 15) is 0 Å². The Balaban J connectivity index is 1.37. The second kappa shape index (κ2) is 8.04. The number of methoxy groups -OCH3 is 1. The fraction of sp³-hybridized carbons (Fsp3) is 0.524. The molecule has 1 aromatic carbocycles. The van der Waals surface area contributed by atoms with Crippen molar-refractivity contribution in [3.05, 3.63) is 47.9 Å². The van der Waals surface area contributed by atoms with E-state index in [-0.39, 0.29) is 0 Å². The van der Waals surface area contributed by atoms with Gasteiger partial charge in [-0.05, 0) is 44.8 Å². The summed E-state index contributed by atoms with van der Waals surface area (Å²) < 4.78 is 5.49. The Hall–Kier alpha value is -2.14. The maximum Gasteiger partial charge on any atom is 0.132 e. The van der Waals surface area contributed by atoms with E-state index < -0.39 is 0 Å². The molecule has 26 heavy (non-hydrogen) atoms. The molecule has 4 rings (SSSR count). The molecule has 0 radical (unpaired) electrons. The number of hydrogen-bond acceptors (Lipinski definition) is 5. The van der Waals surface area contributed by atoms with Gasteiger partial charge in [-0.3, -0.25) is 4.90 Å². The number of benzene rings is 1. The van der Waals surface area contributed by atoms with Gasteiger partial charge in [-0.25, -0.2) is 9.97 Å². The molecule has 1 aromatic heterocycles. The predicted octanol–water partition coefficient (Wildman–Crippen LogP) is 3.47. The van der Waals surface area contributed by atoms with E-state index in [4.69, 9.17) is 4.74 Å². The van der Waals surface area contributed by atoms with Gasteiger partial charge in [0.15, 0.2) is 0 Å². The summed E-state index contributed by atoms with van der Waals surface area (Å²) in [6, 6.07) is 10.6. The molecule has 2 fully saturated rings. The van der Waals surface area contributed by atoms with Crippen molar-refractivity contribution in [2.24, 2.45) is 0 Å². The third-order valence-electron chi connectivity index (χ3n) is 5.70. The standard InChI is InChI=1S/C21H28N4O/c1-26-20-7-3-2-6-18(20)15-24-12-8-17(9-13-24)19-14-21(23-16-22-19)25-10-4-5-11-25/h2-3,6-7,14,16-17H,4-5,8-13,15H2,1H3. The van der Waals surface area contributed by atoms with Crippen LogP contribution in [0.4, 0.5) is 5.82 Å². The summed E-state index contributed by atoms with van der Waals surface area (Å²) in [5, 5.41) is 0. The number of ether oxygens (including phenoxy) is 1. The predicted molar refractivity (Wildman–Crippen MR) is 104 cm³/mol. The molecule has 138 valence electrons. The first-order valence-electron chi connectivity index (χ1n) is 9.74. The fourth-order valence-electron chi connectivity index (χ4n) is 4.17. The first kappa shape index (κ1) is 17.3. The van der Waals surface area contributed by atoms with Gasteiger partial charge in [-0.1, -0.05) is 18.2 Å². The molecule has 0 N–H and O–H groups in total. The topological polar surface area (TPSA) is 41.5 Å². The van der Waals surface area contributed by atoms with Crippen LogP contribution in [0, 0.1) is 0 Å². The van der Waals surface area contributed by atoms with Crippen LogP contribution in [-0.2, 0) is 6.54 Å². The van der Waals surface area contributed by atoms with E-state index in [0.717, 1.165) is 57.1 Å². The van der Waals surface area contributed by atoms with Crippen molar-refractivity contribution >= 4 is 5.82 Å². The van der Waals surface area contributed by atoms with Gasteiger partial charge in [0.1, 0.15) is 17.9 Å². The molecule has 2 aliphatic rings. The monoisotopic (exact) mass is 352 g/mol. The number of anilines is 1. The van der Waals surface area contributed by atoms with E-state index in [1.54, 1.807) is 13.4 Å². The second-order valence-electron chi connectivity index (χ2n) is 7.36. The number of likely N-dealkylation sites (tertiary alicyclic amines) is 1. The quantitative estimate of drug-likeness (QED) is 0.824. The Morgan fingerprint density at radius 3 is 2.58 bits per heavy atom. The number of nitrogens with zero attached hydrogens (tertiary/aromatic N) is 4. The van der Waals surface area contributed by atoms with Gasteiger partial charge < -0.3 is 9.64 Å². The highest BCUT2D eigenvalue weighted by atomic mass is 16.5. The van der Waals surface area contributed by atoms with E-state index in [2.05, 4.69) is 38.0 Å². The number of hydrogen-bond donors (Lipinski definition) is 0. The Bertz CT molecular complexity index is 721. The summed E-state index contributed by atoms with van der Waals surface area (Å²) in [6.07, 6.45) is 6.63. The zero-order chi connectivity index (χ0) is 17.8. The van der Waals surface area contributed by atoms with Crippen LogP contribution in [0.5, 0.6) is 5.75 Å². The van der Waals surface area contributed by atoms with Crippen molar-refractivity contribution in [1.82, 2.24) is 14.9 Å². The van der Waals surface area contributed by atoms with Gasteiger partial charge >= 0.3 is 0 Å². The van der Waals surface area contributed by atoms with Crippen molar-refractivity contribution in [3.63, 3.8) is 0 Å². The molecule has 0 atom stereocenters. The Labute approximate surface area is 156 Å². The summed E-state index contributed by atoms with van der Waals surface area (Å²) >= 11 is 0. The average Bonchev–Trinajstić information content (AvgIpc) is 3.24. The number of aromatic nitrogens is 2. The van der Waals surface area contributed by atoms with Gasteiger partial charge in [0.25, 0.3) is 0 Å². The molecule has 5 heteroatoms. The molecule has 0 amide bonds. The lowest BCUT2D eigenvalue weighted by Crippen LogP contribution is -2.33. The minimum atomic E-state index is 0.549. The van der Waals surface area contributed by atoms with Crippen molar-refractivity contribution in [1.29, 1.82) is 0 Å². The van der Waals surface area contributed by atoms with Gasteiger partial charge in [0.2, 0.25) is 0 Å². The maximum atomic E-state index is 5.49. The molecule has 5 nitrogen and oxygen atoms in total. The summed E-state index contributed by atoms with van der Waals surface area (Å²) in [7, 11) is 1.75. The molecule has 3 heterocycles. The number of para-hydroxylation sites is 1. The normalized spacial score (nSPS) is 19.0. The van der Waals surface area contributed by atoms with E-state index >= 15 is 0 Å². The van der Waals surface area contributed by atoms with Crippen LogP contribution in [0.3, 0.4) is 0 Å². The molecule has 0 spiro atoms. The minimum absolute atomic E-state index is 0.549. The second-order valence-corrected chi connectivity index (χ2v) is 7.36. The van der Waals surface area contributed by atoms with Gasteiger partial charge in [0.05, 0.1) is 7.11 Å². The zero-order valence-electron chi connectivity index (χ0n) is 15.6. The molecular formula is C21H28N4O. The SMILES string of the molecule is COc1ccccc1CN1CCC(c2cc(N3CCCC3)ncn2)CC1. The van der Waals surface area contributed by atoms with E-state index in [1.165, 1.54) is 24.1 Å². The van der Waals surface area contributed by atoms with Gasteiger partial charge in [-0.2, -0.15) is 0 Å². The molecule has 0 unspecified atom stereocenters. The lowest BCUT2D eigenvalue weighted by atomic mass is 9.93. The lowest BCUT2D eigenvalue weighted by Gasteiger charge is -2.32. The van der Waals surface area contributed by atoms with Gasteiger partial charge in [0, 0.05) is 42.9 Å². The summed E-state index contributed by atoms with van der Waals surface area (Å²) in [5.74, 6) is 2.65. The highest BCUT2D eigenvalue weighted by Gasteiger charge is 2.23. The maximum absolute atomic E-state index is 5.49. The lowest BCUT2D eigenvalue weighted by molar-refractivity contribution is 0.201. The fourth-order valence-corrected chi connectivity index (χ4v) is 4.17. The van der Waals surface area contributed by atoms with Gasteiger partial charge in [-0.15, -0.1) is 0 Å². The van der Waals surface area contributed by atoms with Crippen LogP contribution in [0.2, 0.25) is 0 Å². The van der Waals surface area contributed by atoms with Crippen LogP contribution in [0.1, 0.15) is 42.9 Å². The zero-order valence-corrected chi connectivity index (χ0v) is 15.6. The van der Waals surface area contributed by atoms with Crippen molar-refractivity contribution in [2.75, 3.05) is 38.2 Å².